The van der Waals surface area contributed by atoms with Crippen LogP contribution in [-0.4, -0.2) is 15.1 Å². The number of rotatable bonds is 2. The lowest BCUT2D eigenvalue weighted by Gasteiger charge is -2.04. The molecule has 70 valence electrons. The summed E-state index contributed by atoms with van der Waals surface area (Å²) in [5.74, 6) is 0. The highest BCUT2D eigenvalue weighted by molar-refractivity contribution is 5.42. The largest absolute Gasteiger partial charge is 0.364 e. The summed E-state index contributed by atoms with van der Waals surface area (Å²) in [6.07, 6.45) is -1.67. The van der Waals surface area contributed by atoms with Gasteiger partial charge in [0.2, 0.25) is 0 Å². The van der Waals surface area contributed by atoms with Crippen molar-refractivity contribution in [1.29, 1.82) is 0 Å². The molecule has 1 aromatic rings. The Labute approximate surface area is 74.4 Å². The normalized spacial score (nSPS) is 10.5. The van der Waals surface area contributed by atoms with E-state index < -0.39 is 11.2 Å². The minimum atomic E-state index is -1.67. The van der Waals surface area contributed by atoms with Crippen molar-refractivity contribution in [2.75, 3.05) is 0 Å². The summed E-state index contributed by atoms with van der Waals surface area (Å²) in [5.41, 5.74) is 0.511. The molecule has 0 saturated heterocycles. The van der Waals surface area contributed by atoms with Gasteiger partial charge < -0.3 is 10.2 Å². The third-order valence-electron chi connectivity index (χ3n) is 1.73. The van der Waals surface area contributed by atoms with Crippen LogP contribution in [0.5, 0.6) is 0 Å². The summed E-state index contributed by atoms with van der Waals surface area (Å²) in [6, 6.07) is 4.07. The van der Waals surface area contributed by atoms with Gasteiger partial charge >= 0.3 is 0 Å². The van der Waals surface area contributed by atoms with E-state index >= 15 is 0 Å². The first kappa shape index (κ1) is 9.63. The Morgan fingerprint density at radius 2 is 2.08 bits per heavy atom. The van der Waals surface area contributed by atoms with E-state index in [1.807, 2.05) is 0 Å². The maximum absolute atomic E-state index is 10.4. The van der Waals surface area contributed by atoms with Crippen molar-refractivity contribution in [1.82, 2.24) is 0 Å². The lowest BCUT2D eigenvalue weighted by Crippen LogP contribution is -1.98. The number of hydrogen-bond donors (Lipinski definition) is 2. The molecule has 0 fully saturated rings. The van der Waals surface area contributed by atoms with Crippen LogP contribution in [0.3, 0.4) is 0 Å². The highest BCUT2D eigenvalue weighted by Crippen LogP contribution is 2.21. The molecule has 0 aromatic heterocycles. The molecule has 0 atom stereocenters. The molecule has 5 nitrogen and oxygen atoms in total. The van der Waals surface area contributed by atoms with Crippen LogP contribution in [0, 0.1) is 17.0 Å². The van der Waals surface area contributed by atoms with Gasteiger partial charge in [0.25, 0.3) is 5.69 Å². The van der Waals surface area contributed by atoms with Gasteiger partial charge in [-0.1, -0.05) is 12.1 Å². The Balaban J connectivity index is 3.19. The number of aliphatic hydroxyl groups is 2. The van der Waals surface area contributed by atoms with E-state index in [2.05, 4.69) is 0 Å². The minimum absolute atomic E-state index is 0.106. The summed E-state index contributed by atoms with van der Waals surface area (Å²) in [6.45, 7) is 1.59. The number of nitro groups is 1. The van der Waals surface area contributed by atoms with Gasteiger partial charge in [-0.15, -0.1) is 0 Å². The zero-order chi connectivity index (χ0) is 10.0. The summed E-state index contributed by atoms with van der Waals surface area (Å²) in [7, 11) is 0. The average Bonchev–Trinajstić information content (AvgIpc) is 2.04. The second kappa shape index (κ2) is 3.51. The molecule has 1 rings (SSSR count). The van der Waals surface area contributed by atoms with E-state index in [0.717, 1.165) is 6.07 Å². The quantitative estimate of drug-likeness (QED) is 0.405. The monoisotopic (exact) mass is 183 g/mol. The van der Waals surface area contributed by atoms with Gasteiger partial charge in [-0.05, 0) is 6.92 Å². The molecule has 0 radical (unpaired) electrons. The molecule has 0 aliphatic carbocycles. The lowest BCUT2D eigenvalue weighted by atomic mass is 10.1. The standard InChI is InChI=1S/C8H9NO4/c1-5-2-3-6(8(10)11)4-7(5)9(12)13/h2-4,8,10-11H,1H3. The van der Waals surface area contributed by atoms with Crippen molar-refractivity contribution in [3.63, 3.8) is 0 Å². The van der Waals surface area contributed by atoms with Crippen molar-refractivity contribution in [2.45, 2.75) is 13.2 Å². The van der Waals surface area contributed by atoms with E-state index in [4.69, 9.17) is 10.2 Å². The average molecular weight is 183 g/mol. The smallest absolute Gasteiger partial charge is 0.272 e. The first-order chi connectivity index (χ1) is 6.02. The maximum Gasteiger partial charge on any atom is 0.272 e. The third-order valence-corrected chi connectivity index (χ3v) is 1.73. The molecule has 0 saturated carbocycles. The zero-order valence-electron chi connectivity index (χ0n) is 6.97. The molecular formula is C8H9NO4. The highest BCUT2D eigenvalue weighted by atomic mass is 16.6. The molecule has 2 N–H and O–H groups in total. The molecular weight excluding hydrogens is 174 g/mol. The first-order valence-corrected chi connectivity index (χ1v) is 3.63. The van der Waals surface area contributed by atoms with Gasteiger partial charge in [0.15, 0.2) is 6.29 Å². The molecule has 0 aliphatic rings. The Hall–Kier alpha value is -1.46. The summed E-state index contributed by atoms with van der Waals surface area (Å²) in [5, 5.41) is 27.9. The fourth-order valence-electron chi connectivity index (χ4n) is 0.984. The highest BCUT2D eigenvalue weighted by Gasteiger charge is 2.13. The number of hydrogen-bond acceptors (Lipinski definition) is 4. The van der Waals surface area contributed by atoms with Crippen molar-refractivity contribution in [3.05, 3.63) is 39.4 Å². The molecule has 13 heavy (non-hydrogen) atoms. The topological polar surface area (TPSA) is 83.6 Å². The van der Waals surface area contributed by atoms with Crippen LogP contribution in [0.15, 0.2) is 18.2 Å². The number of aliphatic hydroxyl groups excluding tert-OH is 1. The van der Waals surface area contributed by atoms with Crippen molar-refractivity contribution >= 4 is 5.69 Å². The molecule has 0 bridgehead atoms. The van der Waals surface area contributed by atoms with Gasteiger partial charge in [0.05, 0.1) is 4.92 Å². The van der Waals surface area contributed by atoms with E-state index in [0.29, 0.717) is 5.56 Å². The van der Waals surface area contributed by atoms with E-state index in [9.17, 15) is 10.1 Å². The van der Waals surface area contributed by atoms with Gasteiger partial charge in [-0.2, -0.15) is 0 Å². The Morgan fingerprint density at radius 1 is 1.46 bits per heavy atom. The fraction of sp³-hybridized carbons (Fsp3) is 0.250. The summed E-state index contributed by atoms with van der Waals surface area (Å²) >= 11 is 0. The number of nitrogens with zero attached hydrogens (tertiary/aromatic N) is 1. The lowest BCUT2D eigenvalue weighted by molar-refractivity contribution is -0.385. The molecule has 0 amide bonds. The first-order valence-electron chi connectivity index (χ1n) is 3.63. The summed E-state index contributed by atoms with van der Waals surface area (Å²) < 4.78 is 0. The molecule has 0 aliphatic heterocycles. The Kier molecular flexibility index (Phi) is 2.60. The minimum Gasteiger partial charge on any atom is -0.364 e. The van der Waals surface area contributed by atoms with Crippen LogP contribution in [0.2, 0.25) is 0 Å². The van der Waals surface area contributed by atoms with Gasteiger partial charge in [-0.25, -0.2) is 0 Å². The predicted molar refractivity (Wildman–Crippen MR) is 45.0 cm³/mol. The van der Waals surface area contributed by atoms with Gasteiger partial charge in [-0.3, -0.25) is 10.1 Å². The van der Waals surface area contributed by atoms with Crippen molar-refractivity contribution in [3.8, 4) is 0 Å². The van der Waals surface area contributed by atoms with Crippen molar-refractivity contribution in [2.24, 2.45) is 0 Å². The fourth-order valence-corrected chi connectivity index (χ4v) is 0.984. The van der Waals surface area contributed by atoms with Gasteiger partial charge in [0.1, 0.15) is 0 Å². The molecule has 5 heteroatoms. The van der Waals surface area contributed by atoms with Crippen LogP contribution >= 0.6 is 0 Å². The van der Waals surface area contributed by atoms with Crippen LogP contribution in [-0.2, 0) is 0 Å². The Morgan fingerprint density at radius 3 is 2.54 bits per heavy atom. The summed E-state index contributed by atoms with van der Waals surface area (Å²) in [4.78, 5) is 9.88. The van der Waals surface area contributed by atoms with Crippen LogP contribution in [0.1, 0.15) is 17.4 Å². The van der Waals surface area contributed by atoms with Crippen molar-refractivity contribution < 1.29 is 15.1 Å². The number of nitro benzene ring substituents is 1. The van der Waals surface area contributed by atoms with Crippen LogP contribution < -0.4 is 0 Å². The molecule has 0 heterocycles. The Bertz CT molecular complexity index is 335. The second-order valence-electron chi connectivity index (χ2n) is 2.68. The molecule has 0 unspecified atom stereocenters. The van der Waals surface area contributed by atoms with E-state index in [1.54, 1.807) is 6.92 Å². The van der Waals surface area contributed by atoms with E-state index in [-0.39, 0.29) is 11.3 Å². The second-order valence-corrected chi connectivity index (χ2v) is 2.68. The molecule has 1 aromatic carbocycles. The zero-order valence-corrected chi connectivity index (χ0v) is 6.97. The van der Waals surface area contributed by atoms with Crippen LogP contribution in [0.4, 0.5) is 5.69 Å². The SMILES string of the molecule is Cc1ccc(C(O)O)cc1[N+](=O)[O-]. The predicted octanol–water partition coefficient (Wildman–Crippen LogP) is 0.886. The number of benzene rings is 1. The number of aryl methyl sites for hydroxylation is 1. The molecule has 0 spiro atoms. The van der Waals surface area contributed by atoms with Gasteiger partial charge in [0, 0.05) is 17.2 Å². The van der Waals surface area contributed by atoms with E-state index in [1.165, 1.54) is 12.1 Å². The third kappa shape index (κ3) is 2.01. The maximum atomic E-state index is 10.4. The van der Waals surface area contributed by atoms with Crippen LogP contribution in [0.25, 0.3) is 0 Å².